The second-order valence-electron chi connectivity index (χ2n) is 4.10. The van der Waals surface area contributed by atoms with Gasteiger partial charge in [0.05, 0.1) is 5.56 Å². The first-order valence-corrected chi connectivity index (χ1v) is 6.19. The Labute approximate surface area is 117 Å². The summed E-state index contributed by atoms with van der Waals surface area (Å²) in [6, 6.07) is 3.01. The zero-order valence-corrected chi connectivity index (χ0v) is 11.2. The molecule has 114 valence electrons. The SMILES string of the molecule is CCN(CC(F)(F)F)c1ccc(CCl)c(C(F)(F)F)c1. The van der Waals surface area contributed by atoms with Crippen LogP contribution in [-0.2, 0) is 12.1 Å². The van der Waals surface area contributed by atoms with Crippen molar-refractivity contribution in [3.63, 3.8) is 0 Å². The molecule has 8 heteroatoms. The van der Waals surface area contributed by atoms with E-state index in [0.29, 0.717) is 6.07 Å². The molecule has 0 unspecified atom stereocenters. The van der Waals surface area contributed by atoms with Gasteiger partial charge in [-0.05, 0) is 24.6 Å². The molecule has 0 aliphatic rings. The van der Waals surface area contributed by atoms with Crippen molar-refractivity contribution in [2.45, 2.75) is 25.2 Å². The fourth-order valence-corrected chi connectivity index (χ4v) is 1.98. The lowest BCUT2D eigenvalue weighted by Gasteiger charge is -2.25. The summed E-state index contributed by atoms with van der Waals surface area (Å²) in [5.41, 5.74) is -1.30. The van der Waals surface area contributed by atoms with Crippen molar-refractivity contribution < 1.29 is 26.3 Å². The number of alkyl halides is 7. The van der Waals surface area contributed by atoms with Crippen LogP contribution in [0.1, 0.15) is 18.1 Å². The van der Waals surface area contributed by atoms with E-state index in [1.807, 2.05) is 0 Å². The predicted octanol–water partition coefficient (Wildman–Crippen LogP) is 4.83. The second kappa shape index (κ2) is 6.11. The number of rotatable bonds is 4. The number of benzene rings is 1. The van der Waals surface area contributed by atoms with Gasteiger partial charge >= 0.3 is 12.4 Å². The van der Waals surface area contributed by atoms with Gasteiger partial charge in [0.1, 0.15) is 6.54 Å². The van der Waals surface area contributed by atoms with Crippen LogP contribution in [0.3, 0.4) is 0 Å². The summed E-state index contributed by atoms with van der Waals surface area (Å²) in [4.78, 5) is 0.827. The van der Waals surface area contributed by atoms with Gasteiger partial charge in [-0.3, -0.25) is 0 Å². The molecule has 0 aliphatic heterocycles. The molecule has 1 rings (SSSR count). The van der Waals surface area contributed by atoms with Crippen molar-refractivity contribution in [2.75, 3.05) is 18.0 Å². The molecule has 20 heavy (non-hydrogen) atoms. The number of anilines is 1. The van der Waals surface area contributed by atoms with E-state index in [2.05, 4.69) is 0 Å². The third-order valence-corrected chi connectivity index (χ3v) is 2.95. The molecule has 0 atom stereocenters. The summed E-state index contributed by atoms with van der Waals surface area (Å²) >= 11 is 5.42. The van der Waals surface area contributed by atoms with Crippen LogP contribution < -0.4 is 4.90 Å². The normalized spacial score (nSPS) is 12.6. The maximum Gasteiger partial charge on any atom is 0.416 e. The molecule has 0 saturated heterocycles. The molecule has 0 heterocycles. The highest BCUT2D eigenvalue weighted by molar-refractivity contribution is 6.17. The summed E-state index contributed by atoms with van der Waals surface area (Å²) < 4.78 is 75.6. The molecule has 0 aromatic heterocycles. The van der Waals surface area contributed by atoms with Crippen LogP contribution in [0.15, 0.2) is 18.2 Å². The third-order valence-electron chi connectivity index (χ3n) is 2.66. The summed E-state index contributed by atoms with van der Waals surface area (Å²) in [6.07, 6.45) is -9.14. The highest BCUT2D eigenvalue weighted by atomic mass is 35.5. The summed E-state index contributed by atoms with van der Waals surface area (Å²) in [6.45, 7) is 0.0759. The molecule has 0 aliphatic carbocycles. The third kappa shape index (κ3) is 4.47. The lowest BCUT2D eigenvalue weighted by Crippen LogP contribution is -2.34. The molecule has 1 nitrogen and oxygen atoms in total. The van der Waals surface area contributed by atoms with Gasteiger partial charge in [0.15, 0.2) is 0 Å². The molecular weight excluding hydrogens is 308 g/mol. The Morgan fingerprint density at radius 3 is 2.10 bits per heavy atom. The van der Waals surface area contributed by atoms with Gasteiger partial charge in [-0.15, -0.1) is 11.6 Å². The van der Waals surface area contributed by atoms with Crippen LogP contribution in [0.25, 0.3) is 0 Å². The minimum absolute atomic E-state index is 0.0585. The van der Waals surface area contributed by atoms with E-state index in [-0.39, 0.29) is 23.7 Å². The minimum atomic E-state index is -4.65. The smallest absolute Gasteiger partial charge is 0.363 e. The maximum atomic E-state index is 12.8. The van der Waals surface area contributed by atoms with E-state index < -0.39 is 24.5 Å². The van der Waals surface area contributed by atoms with E-state index in [1.54, 1.807) is 0 Å². The Bertz CT molecular complexity index is 454. The van der Waals surface area contributed by atoms with Crippen molar-refractivity contribution in [2.24, 2.45) is 0 Å². The van der Waals surface area contributed by atoms with Crippen molar-refractivity contribution in [1.82, 2.24) is 0 Å². The van der Waals surface area contributed by atoms with Gasteiger partial charge < -0.3 is 4.90 Å². The van der Waals surface area contributed by atoms with Crippen molar-refractivity contribution in [3.8, 4) is 0 Å². The van der Waals surface area contributed by atoms with Crippen LogP contribution in [-0.4, -0.2) is 19.3 Å². The van der Waals surface area contributed by atoms with Crippen LogP contribution in [0, 0.1) is 0 Å². The largest absolute Gasteiger partial charge is 0.416 e. The average Bonchev–Trinajstić information content (AvgIpc) is 2.33. The summed E-state index contributed by atoms with van der Waals surface area (Å²) in [7, 11) is 0. The molecule has 0 radical (unpaired) electrons. The second-order valence-corrected chi connectivity index (χ2v) is 4.37. The Hall–Kier alpha value is -1.11. The van der Waals surface area contributed by atoms with E-state index >= 15 is 0 Å². The molecule has 1 aromatic rings. The fraction of sp³-hybridized carbons (Fsp3) is 0.500. The van der Waals surface area contributed by atoms with E-state index in [4.69, 9.17) is 11.6 Å². The molecule has 0 bridgehead atoms. The fourth-order valence-electron chi connectivity index (χ4n) is 1.74. The van der Waals surface area contributed by atoms with Gasteiger partial charge in [0.25, 0.3) is 0 Å². The standard InChI is InChI=1S/C12H12ClF6N/c1-2-20(7-11(14,15)16)9-4-3-8(6-13)10(5-9)12(17,18)19/h3-5H,2,6-7H2,1H3. The maximum absolute atomic E-state index is 12.8. The Balaban J connectivity index is 3.19. The van der Waals surface area contributed by atoms with Crippen LogP contribution >= 0.6 is 11.6 Å². The zero-order valence-electron chi connectivity index (χ0n) is 10.4. The Morgan fingerprint density at radius 2 is 1.70 bits per heavy atom. The molecule has 0 saturated carbocycles. The van der Waals surface area contributed by atoms with Gasteiger partial charge in [-0.25, -0.2) is 0 Å². The highest BCUT2D eigenvalue weighted by Crippen LogP contribution is 2.35. The minimum Gasteiger partial charge on any atom is -0.363 e. The van der Waals surface area contributed by atoms with Crippen molar-refractivity contribution in [3.05, 3.63) is 29.3 Å². The molecule has 1 aromatic carbocycles. The molecule has 0 amide bonds. The number of hydrogen-bond acceptors (Lipinski definition) is 1. The summed E-state index contributed by atoms with van der Waals surface area (Å²) in [5.74, 6) is -0.361. The number of halogens is 7. The van der Waals surface area contributed by atoms with Crippen LogP contribution in [0.5, 0.6) is 0 Å². The van der Waals surface area contributed by atoms with Gasteiger partial charge in [0, 0.05) is 18.1 Å². The van der Waals surface area contributed by atoms with E-state index in [1.165, 1.54) is 13.0 Å². The van der Waals surface area contributed by atoms with E-state index in [0.717, 1.165) is 11.0 Å². The number of nitrogens with zero attached hydrogens (tertiary/aromatic N) is 1. The van der Waals surface area contributed by atoms with Crippen molar-refractivity contribution >= 4 is 17.3 Å². The van der Waals surface area contributed by atoms with Crippen LogP contribution in [0.2, 0.25) is 0 Å². The lowest BCUT2D eigenvalue weighted by molar-refractivity contribution is -0.138. The van der Waals surface area contributed by atoms with Gasteiger partial charge in [0.2, 0.25) is 0 Å². The first kappa shape index (κ1) is 16.9. The van der Waals surface area contributed by atoms with Gasteiger partial charge in [-0.2, -0.15) is 26.3 Å². The molecular formula is C12H12ClF6N. The average molecular weight is 320 g/mol. The molecule has 0 N–H and O–H groups in total. The van der Waals surface area contributed by atoms with Gasteiger partial charge in [-0.1, -0.05) is 6.07 Å². The summed E-state index contributed by atoms with van der Waals surface area (Å²) in [5, 5.41) is 0. The quantitative estimate of drug-likeness (QED) is 0.567. The Morgan fingerprint density at radius 1 is 1.10 bits per heavy atom. The first-order valence-electron chi connectivity index (χ1n) is 5.66. The van der Waals surface area contributed by atoms with E-state index in [9.17, 15) is 26.3 Å². The zero-order chi connectivity index (χ0) is 15.6. The highest BCUT2D eigenvalue weighted by Gasteiger charge is 2.35. The molecule has 0 fully saturated rings. The topological polar surface area (TPSA) is 3.24 Å². The predicted molar refractivity (Wildman–Crippen MR) is 64.9 cm³/mol. The monoisotopic (exact) mass is 319 g/mol. The van der Waals surface area contributed by atoms with Crippen LogP contribution in [0.4, 0.5) is 32.0 Å². The van der Waals surface area contributed by atoms with Crippen molar-refractivity contribution in [1.29, 1.82) is 0 Å². The first-order chi connectivity index (χ1) is 9.08. The number of hydrogen-bond donors (Lipinski definition) is 0. The lowest BCUT2D eigenvalue weighted by atomic mass is 10.1. The Kier molecular flexibility index (Phi) is 5.18. The molecule has 0 spiro atoms.